The maximum Gasteiger partial charge on any atom is 0.337 e. The predicted octanol–water partition coefficient (Wildman–Crippen LogP) is 2.45. The molecule has 1 amide bonds. The molecule has 19 heavy (non-hydrogen) atoms. The number of nitrogens with one attached hydrogen (secondary N) is 1. The number of anilines is 1. The van der Waals surface area contributed by atoms with Gasteiger partial charge >= 0.3 is 5.97 Å². The number of para-hydroxylation sites is 1. The third kappa shape index (κ3) is 3.12. The van der Waals surface area contributed by atoms with Crippen LogP contribution in [0, 0.1) is 6.92 Å². The van der Waals surface area contributed by atoms with E-state index in [9.17, 15) is 9.59 Å². The number of methoxy groups -OCH3 is 1. The van der Waals surface area contributed by atoms with Gasteiger partial charge in [-0.25, -0.2) is 4.79 Å². The molecule has 104 valence electrons. The number of aryl methyl sites for hydroxylation is 1. The number of hydrogen-bond acceptors (Lipinski definition) is 3. The van der Waals surface area contributed by atoms with Gasteiger partial charge in [-0.15, -0.1) is 0 Å². The van der Waals surface area contributed by atoms with Crippen LogP contribution in [0.4, 0.5) is 5.69 Å². The van der Waals surface area contributed by atoms with Gasteiger partial charge in [-0.05, 0) is 31.9 Å². The smallest absolute Gasteiger partial charge is 0.337 e. The molecule has 0 spiro atoms. The number of benzene rings is 1. The molecule has 1 atom stereocenters. The van der Waals surface area contributed by atoms with Crippen LogP contribution in [0.2, 0.25) is 0 Å². The molecule has 0 aliphatic rings. The molecule has 1 aromatic carbocycles. The van der Waals surface area contributed by atoms with Crippen LogP contribution in [0.15, 0.2) is 18.2 Å². The lowest BCUT2D eigenvalue weighted by Crippen LogP contribution is -2.41. The number of carbonyl (C=O) groups excluding carboxylic acids is 1. The Morgan fingerprint density at radius 2 is 2.05 bits per heavy atom. The fraction of sp³-hybridized carbons (Fsp3) is 0.429. The van der Waals surface area contributed by atoms with E-state index in [-0.39, 0.29) is 11.5 Å². The number of aromatic carboxylic acids is 1. The lowest BCUT2D eigenvalue weighted by molar-refractivity contribution is -0.136. The molecule has 0 bridgehead atoms. The summed E-state index contributed by atoms with van der Waals surface area (Å²) in [4.78, 5) is 23.4. The van der Waals surface area contributed by atoms with Crippen molar-refractivity contribution in [3.8, 4) is 0 Å². The monoisotopic (exact) mass is 265 g/mol. The van der Waals surface area contributed by atoms with E-state index in [0.717, 1.165) is 0 Å². The lowest BCUT2D eigenvalue weighted by atomic mass is 10.0. The molecule has 0 aliphatic heterocycles. The van der Waals surface area contributed by atoms with Crippen molar-refractivity contribution in [2.45, 2.75) is 32.8 Å². The predicted molar refractivity (Wildman–Crippen MR) is 72.5 cm³/mol. The third-order valence-corrected chi connectivity index (χ3v) is 3.35. The van der Waals surface area contributed by atoms with Crippen molar-refractivity contribution >= 4 is 17.6 Å². The van der Waals surface area contributed by atoms with Crippen molar-refractivity contribution in [3.63, 3.8) is 0 Å². The summed E-state index contributed by atoms with van der Waals surface area (Å²) in [7, 11) is 1.46. The minimum absolute atomic E-state index is 0.0721. The van der Waals surface area contributed by atoms with Crippen LogP contribution in [0.5, 0.6) is 0 Å². The number of amides is 1. The van der Waals surface area contributed by atoms with Crippen molar-refractivity contribution < 1.29 is 19.4 Å². The number of ether oxygens (including phenoxy) is 1. The average Bonchev–Trinajstić information content (AvgIpc) is 2.39. The Morgan fingerprint density at radius 1 is 1.42 bits per heavy atom. The summed E-state index contributed by atoms with van der Waals surface area (Å²) in [5.41, 5.74) is 0.111. The van der Waals surface area contributed by atoms with Crippen LogP contribution in [-0.4, -0.2) is 29.7 Å². The standard InChI is InChI=1S/C14H19NO4/c1-5-14(3,19-4)13(18)15-11-9(2)7-6-8-10(11)12(16)17/h6-8H,5H2,1-4H3,(H,15,18)(H,16,17). The van der Waals surface area contributed by atoms with Crippen LogP contribution in [0.25, 0.3) is 0 Å². The first-order valence-electron chi connectivity index (χ1n) is 6.05. The second-order valence-electron chi connectivity index (χ2n) is 4.55. The highest BCUT2D eigenvalue weighted by atomic mass is 16.5. The first kappa shape index (κ1) is 15.2. The minimum atomic E-state index is -1.07. The SMILES string of the molecule is CCC(C)(OC)C(=O)Nc1c(C)cccc1C(=O)O. The van der Waals surface area contributed by atoms with Crippen LogP contribution in [-0.2, 0) is 9.53 Å². The Bertz CT molecular complexity index is 492. The number of carbonyl (C=O) groups is 2. The van der Waals surface area contributed by atoms with Crippen molar-refractivity contribution in [2.75, 3.05) is 12.4 Å². The summed E-state index contributed by atoms with van der Waals surface area (Å²) in [5, 5.41) is 11.8. The number of carboxylic acid groups (broad SMARTS) is 1. The summed E-state index contributed by atoms with van der Waals surface area (Å²) in [6.45, 7) is 5.25. The molecule has 0 fully saturated rings. The Balaban J connectivity index is 3.13. The second kappa shape index (κ2) is 5.84. The van der Waals surface area contributed by atoms with Crippen molar-refractivity contribution in [1.29, 1.82) is 0 Å². The second-order valence-corrected chi connectivity index (χ2v) is 4.55. The van der Waals surface area contributed by atoms with E-state index in [4.69, 9.17) is 9.84 Å². The summed E-state index contributed by atoms with van der Waals surface area (Å²) >= 11 is 0. The topological polar surface area (TPSA) is 75.6 Å². The zero-order valence-electron chi connectivity index (χ0n) is 11.6. The quantitative estimate of drug-likeness (QED) is 0.857. The zero-order valence-corrected chi connectivity index (χ0v) is 11.6. The van der Waals surface area contributed by atoms with Gasteiger partial charge in [0.2, 0.25) is 0 Å². The lowest BCUT2D eigenvalue weighted by Gasteiger charge is -2.26. The van der Waals surface area contributed by atoms with Crippen LogP contribution in [0.3, 0.4) is 0 Å². The fourth-order valence-electron chi connectivity index (χ4n) is 1.66. The number of rotatable bonds is 5. The molecule has 1 aromatic rings. The molecule has 1 unspecified atom stereocenters. The van der Waals surface area contributed by atoms with Gasteiger partial charge < -0.3 is 15.2 Å². The average molecular weight is 265 g/mol. The molecule has 0 radical (unpaired) electrons. The van der Waals surface area contributed by atoms with Crippen LogP contribution in [0.1, 0.15) is 36.2 Å². The highest BCUT2D eigenvalue weighted by Crippen LogP contribution is 2.23. The molecule has 0 aliphatic carbocycles. The number of hydrogen-bond donors (Lipinski definition) is 2. The van der Waals surface area contributed by atoms with E-state index in [1.807, 2.05) is 6.92 Å². The van der Waals surface area contributed by atoms with Gasteiger partial charge in [-0.2, -0.15) is 0 Å². The molecule has 0 aromatic heterocycles. The van der Waals surface area contributed by atoms with Gasteiger partial charge in [-0.3, -0.25) is 4.79 Å². The van der Waals surface area contributed by atoms with Gasteiger partial charge in [0.1, 0.15) is 5.60 Å². The van der Waals surface area contributed by atoms with Crippen molar-refractivity contribution in [3.05, 3.63) is 29.3 Å². The molecule has 5 heteroatoms. The van der Waals surface area contributed by atoms with Gasteiger partial charge in [-0.1, -0.05) is 19.1 Å². The zero-order chi connectivity index (χ0) is 14.6. The summed E-state index contributed by atoms with van der Waals surface area (Å²) in [6, 6.07) is 4.85. The summed E-state index contributed by atoms with van der Waals surface area (Å²) < 4.78 is 5.20. The Kier molecular flexibility index (Phi) is 4.67. The maximum absolute atomic E-state index is 12.2. The molecule has 0 saturated carbocycles. The first-order valence-corrected chi connectivity index (χ1v) is 6.05. The van der Waals surface area contributed by atoms with E-state index in [1.54, 1.807) is 26.0 Å². The molecule has 2 N–H and O–H groups in total. The Labute approximate surface area is 112 Å². The van der Waals surface area contributed by atoms with Crippen LogP contribution < -0.4 is 5.32 Å². The number of carboxylic acids is 1. The molecule has 5 nitrogen and oxygen atoms in total. The van der Waals surface area contributed by atoms with Crippen molar-refractivity contribution in [1.82, 2.24) is 0 Å². The van der Waals surface area contributed by atoms with E-state index in [0.29, 0.717) is 17.7 Å². The van der Waals surface area contributed by atoms with Gasteiger partial charge in [0.15, 0.2) is 0 Å². The van der Waals surface area contributed by atoms with E-state index >= 15 is 0 Å². The first-order chi connectivity index (χ1) is 8.85. The fourth-order valence-corrected chi connectivity index (χ4v) is 1.66. The summed E-state index contributed by atoms with van der Waals surface area (Å²) in [5.74, 6) is -1.43. The largest absolute Gasteiger partial charge is 0.478 e. The molecule has 1 rings (SSSR count). The molecular formula is C14H19NO4. The van der Waals surface area contributed by atoms with Gasteiger partial charge in [0.25, 0.3) is 5.91 Å². The minimum Gasteiger partial charge on any atom is -0.478 e. The van der Waals surface area contributed by atoms with Crippen molar-refractivity contribution in [2.24, 2.45) is 0 Å². The third-order valence-electron chi connectivity index (χ3n) is 3.35. The maximum atomic E-state index is 12.2. The van der Waals surface area contributed by atoms with Gasteiger partial charge in [0, 0.05) is 7.11 Å². The van der Waals surface area contributed by atoms with E-state index in [1.165, 1.54) is 13.2 Å². The Hall–Kier alpha value is -1.88. The Morgan fingerprint density at radius 3 is 2.53 bits per heavy atom. The van der Waals surface area contributed by atoms with E-state index < -0.39 is 11.6 Å². The highest BCUT2D eigenvalue weighted by Gasteiger charge is 2.32. The summed E-state index contributed by atoms with van der Waals surface area (Å²) in [6.07, 6.45) is 0.490. The highest BCUT2D eigenvalue weighted by molar-refractivity contribution is 6.04. The normalized spacial score (nSPS) is 13.7. The van der Waals surface area contributed by atoms with Gasteiger partial charge in [0.05, 0.1) is 11.3 Å². The molecule has 0 heterocycles. The molecular weight excluding hydrogens is 246 g/mol. The van der Waals surface area contributed by atoms with E-state index in [2.05, 4.69) is 5.32 Å². The van der Waals surface area contributed by atoms with Crippen LogP contribution >= 0.6 is 0 Å². The molecule has 0 saturated heterocycles.